The minimum atomic E-state index is -2.45. The Bertz CT molecular complexity index is 288. The van der Waals surface area contributed by atoms with Gasteiger partial charge >= 0.3 is 8.56 Å². The van der Waals surface area contributed by atoms with Gasteiger partial charge in [0.15, 0.2) is 0 Å². The monoisotopic (exact) mass is 225 g/mol. The molecule has 0 heterocycles. The predicted octanol–water partition coefficient (Wildman–Crippen LogP) is 0.905. The predicted molar refractivity (Wildman–Crippen MR) is 64.1 cm³/mol. The molecular formula is C11H19NO2Si. The lowest BCUT2D eigenvalue weighted by molar-refractivity contribution is 0.244. The minimum absolute atomic E-state index is 0.0464. The van der Waals surface area contributed by atoms with Crippen molar-refractivity contribution in [3.05, 3.63) is 30.3 Å². The highest BCUT2D eigenvalue weighted by atomic mass is 28.4. The first-order valence-electron chi connectivity index (χ1n) is 5.12. The molecule has 2 N–H and O–H groups in total. The largest absolute Gasteiger partial charge is 0.393 e. The van der Waals surface area contributed by atoms with E-state index in [0.29, 0.717) is 0 Å². The van der Waals surface area contributed by atoms with Gasteiger partial charge in [-0.15, -0.1) is 0 Å². The maximum atomic E-state index is 6.12. The van der Waals surface area contributed by atoms with Gasteiger partial charge in [-0.3, -0.25) is 0 Å². The first kappa shape index (κ1) is 12.4. The lowest BCUT2D eigenvalue weighted by Gasteiger charge is -2.32. The van der Waals surface area contributed by atoms with Crippen molar-refractivity contribution in [3.63, 3.8) is 0 Å². The summed E-state index contributed by atoms with van der Waals surface area (Å²) in [6, 6.07) is 9.99. The molecule has 0 saturated carbocycles. The molecule has 0 saturated heterocycles. The topological polar surface area (TPSA) is 44.5 Å². The third-order valence-electron chi connectivity index (χ3n) is 2.71. The van der Waals surface area contributed by atoms with Crippen molar-refractivity contribution >= 4 is 13.7 Å². The fourth-order valence-electron chi connectivity index (χ4n) is 1.78. The van der Waals surface area contributed by atoms with E-state index in [1.54, 1.807) is 14.2 Å². The van der Waals surface area contributed by atoms with Crippen molar-refractivity contribution in [1.29, 1.82) is 0 Å². The van der Waals surface area contributed by atoms with Crippen LogP contribution in [-0.4, -0.2) is 28.4 Å². The second-order valence-electron chi connectivity index (χ2n) is 3.46. The summed E-state index contributed by atoms with van der Waals surface area (Å²) in [5, 5.41) is 1.09. The highest BCUT2D eigenvalue weighted by molar-refractivity contribution is 6.82. The van der Waals surface area contributed by atoms with Gasteiger partial charge in [-0.2, -0.15) is 0 Å². The van der Waals surface area contributed by atoms with E-state index < -0.39 is 8.56 Å². The Labute approximate surface area is 92.5 Å². The Morgan fingerprint density at radius 3 is 2.13 bits per heavy atom. The van der Waals surface area contributed by atoms with Crippen LogP contribution in [0.5, 0.6) is 0 Å². The average Bonchev–Trinajstić information content (AvgIpc) is 2.32. The maximum Gasteiger partial charge on any atom is 0.389 e. The Hall–Kier alpha value is -0.683. The molecule has 0 aliphatic carbocycles. The zero-order valence-electron chi connectivity index (χ0n) is 9.57. The number of hydrogen-bond donors (Lipinski definition) is 1. The van der Waals surface area contributed by atoms with Crippen molar-refractivity contribution in [1.82, 2.24) is 0 Å². The molecule has 1 aromatic carbocycles. The maximum absolute atomic E-state index is 6.12. The van der Waals surface area contributed by atoms with Crippen molar-refractivity contribution < 1.29 is 8.85 Å². The minimum Gasteiger partial charge on any atom is -0.393 e. The SMILES string of the molecule is CCC(N)[Si](OC)(OC)c1ccccc1. The van der Waals surface area contributed by atoms with Gasteiger partial charge < -0.3 is 14.6 Å². The van der Waals surface area contributed by atoms with Gasteiger partial charge in [-0.1, -0.05) is 37.3 Å². The van der Waals surface area contributed by atoms with Gasteiger partial charge in [0, 0.05) is 14.2 Å². The van der Waals surface area contributed by atoms with Gasteiger partial charge in [0.1, 0.15) is 0 Å². The van der Waals surface area contributed by atoms with Crippen molar-refractivity contribution in [2.75, 3.05) is 14.2 Å². The lowest BCUT2D eigenvalue weighted by Crippen LogP contribution is -2.64. The summed E-state index contributed by atoms with van der Waals surface area (Å²) >= 11 is 0. The van der Waals surface area contributed by atoms with E-state index in [1.807, 2.05) is 37.3 Å². The first-order chi connectivity index (χ1) is 7.21. The average molecular weight is 225 g/mol. The standard InChI is InChI=1S/C11H19NO2Si/c1-4-11(12)15(13-2,14-3)10-8-6-5-7-9-10/h5-9,11H,4,12H2,1-3H3. The fraction of sp³-hybridized carbons (Fsp3) is 0.455. The van der Waals surface area contributed by atoms with Crippen LogP contribution >= 0.6 is 0 Å². The van der Waals surface area contributed by atoms with Gasteiger partial charge in [-0.05, 0) is 11.6 Å². The van der Waals surface area contributed by atoms with Gasteiger partial charge in [0.2, 0.25) is 0 Å². The van der Waals surface area contributed by atoms with Crippen LogP contribution in [-0.2, 0) is 8.85 Å². The Balaban J connectivity index is 3.11. The zero-order valence-corrected chi connectivity index (χ0v) is 10.6. The second-order valence-corrected chi connectivity index (χ2v) is 6.93. The quantitative estimate of drug-likeness (QED) is 0.757. The zero-order chi connectivity index (χ0) is 11.3. The van der Waals surface area contributed by atoms with E-state index in [-0.39, 0.29) is 5.67 Å². The third-order valence-corrected chi connectivity index (χ3v) is 6.45. The number of benzene rings is 1. The molecule has 84 valence electrons. The van der Waals surface area contributed by atoms with Crippen LogP contribution in [0.4, 0.5) is 0 Å². The van der Waals surface area contributed by atoms with Crippen LogP contribution in [0.2, 0.25) is 0 Å². The van der Waals surface area contributed by atoms with Crippen LogP contribution in [0.15, 0.2) is 30.3 Å². The number of rotatable bonds is 5. The summed E-state index contributed by atoms with van der Waals surface area (Å²) in [5.74, 6) is 0. The lowest BCUT2D eigenvalue weighted by atomic mass is 10.4. The number of nitrogens with two attached hydrogens (primary N) is 1. The van der Waals surface area contributed by atoms with Gasteiger partial charge in [-0.25, -0.2) is 0 Å². The molecule has 4 heteroatoms. The molecule has 15 heavy (non-hydrogen) atoms. The van der Waals surface area contributed by atoms with E-state index in [2.05, 4.69) is 0 Å². The highest BCUT2D eigenvalue weighted by Gasteiger charge is 2.43. The van der Waals surface area contributed by atoms with Crippen LogP contribution in [0.25, 0.3) is 0 Å². The molecule has 0 bridgehead atoms. The molecule has 0 aromatic heterocycles. The van der Waals surface area contributed by atoms with Crippen LogP contribution in [0.3, 0.4) is 0 Å². The van der Waals surface area contributed by atoms with Crippen molar-refractivity contribution in [3.8, 4) is 0 Å². The normalized spacial score (nSPS) is 13.9. The summed E-state index contributed by atoms with van der Waals surface area (Å²) in [7, 11) is 0.912. The molecule has 0 radical (unpaired) electrons. The third kappa shape index (κ3) is 2.29. The number of hydrogen-bond acceptors (Lipinski definition) is 3. The Kier molecular flexibility index (Phi) is 4.47. The second kappa shape index (κ2) is 5.41. The van der Waals surface area contributed by atoms with Gasteiger partial charge in [0.25, 0.3) is 0 Å². The van der Waals surface area contributed by atoms with E-state index in [9.17, 15) is 0 Å². The molecule has 1 atom stereocenters. The molecule has 0 amide bonds. The molecular weight excluding hydrogens is 206 g/mol. The summed E-state index contributed by atoms with van der Waals surface area (Å²) in [6.45, 7) is 2.05. The Morgan fingerprint density at radius 2 is 1.73 bits per heavy atom. The van der Waals surface area contributed by atoms with Crippen molar-refractivity contribution in [2.45, 2.75) is 19.0 Å². The molecule has 1 rings (SSSR count). The smallest absolute Gasteiger partial charge is 0.389 e. The summed E-state index contributed by atoms with van der Waals surface area (Å²) in [5.41, 5.74) is 6.07. The summed E-state index contributed by atoms with van der Waals surface area (Å²) in [4.78, 5) is 0. The molecule has 0 aliphatic heterocycles. The van der Waals surface area contributed by atoms with E-state index in [0.717, 1.165) is 11.6 Å². The van der Waals surface area contributed by atoms with Crippen molar-refractivity contribution in [2.24, 2.45) is 5.73 Å². The van der Waals surface area contributed by atoms with E-state index >= 15 is 0 Å². The molecule has 1 unspecified atom stereocenters. The Morgan fingerprint density at radius 1 is 1.20 bits per heavy atom. The van der Waals surface area contributed by atoms with Gasteiger partial charge in [0.05, 0.1) is 5.67 Å². The highest BCUT2D eigenvalue weighted by Crippen LogP contribution is 2.12. The van der Waals surface area contributed by atoms with Crippen LogP contribution in [0.1, 0.15) is 13.3 Å². The van der Waals surface area contributed by atoms with E-state index in [1.165, 1.54) is 0 Å². The summed E-state index contributed by atoms with van der Waals surface area (Å²) < 4.78 is 11.2. The van der Waals surface area contributed by atoms with Crippen LogP contribution < -0.4 is 10.9 Å². The van der Waals surface area contributed by atoms with E-state index in [4.69, 9.17) is 14.6 Å². The van der Waals surface area contributed by atoms with Crippen LogP contribution in [0, 0.1) is 0 Å². The first-order valence-corrected chi connectivity index (χ1v) is 7.02. The molecule has 0 fully saturated rings. The molecule has 1 aromatic rings. The molecule has 0 spiro atoms. The fourth-order valence-corrected chi connectivity index (χ4v) is 4.64. The molecule has 3 nitrogen and oxygen atoms in total. The summed E-state index contributed by atoms with van der Waals surface area (Å²) in [6.07, 6.45) is 0.850. The molecule has 0 aliphatic rings.